The molecule has 1 aliphatic heterocycles. The predicted molar refractivity (Wildman–Crippen MR) is 131 cm³/mol. The number of carbonyl (C=O) groups excluding carboxylic acids is 1. The summed E-state index contributed by atoms with van der Waals surface area (Å²) in [6.07, 6.45) is 3.45. The van der Waals surface area contributed by atoms with Crippen LogP contribution >= 0.6 is 0 Å². The van der Waals surface area contributed by atoms with E-state index >= 15 is 0 Å². The van der Waals surface area contributed by atoms with Gasteiger partial charge in [0.15, 0.2) is 0 Å². The largest absolute Gasteiger partial charge is 0.492 e. The van der Waals surface area contributed by atoms with Gasteiger partial charge in [0.1, 0.15) is 24.0 Å². The van der Waals surface area contributed by atoms with Crippen molar-refractivity contribution in [1.82, 2.24) is 30.1 Å². The van der Waals surface area contributed by atoms with Crippen LogP contribution in [0.15, 0.2) is 48.8 Å². The van der Waals surface area contributed by atoms with Crippen molar-refractivity contribution in [2.75, 3.05) is 46.4 Å². The van der Waals surface area contributed by atoms with Crippen LogP contribution in [0, 0.1) is 12.7 Å². The monoisotopic (exact) mass is 478 g/mol. The highest BCUT2D eigenvalue weighted by Crippen LogP contribution is 2.25. The highest BCUT2D eigenvalue weighted by molar-refractivity contribution is 5.78. The third-order valence-corrected chi connectivity index (χ3v) is 5.98. The summed E-state index contributed by atoms with van der Waals surface area (Å²) < 4.78 is 20.5. The number of benzene rings is 1. The lowest BCUT2D eigenvalue weighted by atomic mass is 10.1. The number of nitrogens with one attached hydrogen (secondary N) is 1. The molecule has 1 aromatic carbocycles. The topological polar surface area (TPSA) is 83.5 Å². The van der Waals surface area contributed by atoms with Gasteiger partial charge in [-0.3, -0.25) is 14.7 Å². The maximum absolute atomic E-state index is 14.8. The van der Waals surface area contributed by atoms with Gasteiger partial charge in [-0.2, -0.15) is 0 Å². The summed E-state index contributed by atoms with van der Waals surface area (Å²) >= 11 is 0. The molecule has 1 amide bonds. The molecule has 1 saturated heterocycles. The Morgan fingerprint density at radius 2 is 1.94 bits per heavy atom. The molecule has 1 N–H and O–H groups in total. The lowest BCUT2D eigenvalue weighted by molar-refractivity contribution is -0.120. The second-order valence-electron chi connectivity index (χ2n) is 8.74. The SMILES string of the molecule is Cc1nccc(CNC(=O)Cc2ccc(-c3ccc(OCCN4CCN(C)CC4)cc3F)nc2)n1. The minimum Gasteiger partial charge on any atom is -0.492 e. The van der Waals surface area contributed by atoms with Crippen LogP contribution in [-0.2, 0) is 17.8 Å². The van der Waals surface area contributed by atoms with Crippen LogP contribution in [0.25, 0.3) is 11.3 Å². The fraction of sp³-hybridized carbons (Fsp3) is 0.385. The van der Waals surface area contributed by atoms with Gasteiger partial charge in [0.05, 0.1) is 24.4 Å². The molecule has 3 heterocycles. The Morgan fingerprint density at radius 1 is 1.11 bits per heavy atom. The van der Waals surface area contributed by atoms with E-state index < -0.39 is 0 Å². The van der Waals surface area contributed by atoms with Gasteiger partial charge in [0.2, 0.25) is 5.91 Å². The van der Waals surface area contributed by atoms with E-state index in [1.54, 1.807) is 49.6 Å². The zero-order valence-corrected chi connectivity index (χ0v) is 20.2. The standard InChI is InChI=1S/C26H31FN6O2/c1-19-28-8-7-21(31-19)18-30-26(34)15-20-3-6-25(29-17-20)23-5-4-22(16-24(23)27)35-14-13-33-11-9-32(2)10-12-33/h3-8,16-17H,9-15,18H2,1-2H3,(H,30,34). The summed E-state index contributed by atoms with van der Waals surface area (Å²) in [5.74, 6) is 0.641. The van der Waals surface area contributed by atoms with Gasteiger partial charge in [-0.15, -0.1) is 0 Å². The highest BCUT2D eigenvalue weighted by atomic mass is 19.1. The predicted octanol–water partition coefficient (Wildman–Crippen LogP) is 2.47. The molecule has 1 fully saturated rings. The number of carbonyl (C=O) groups is 1. The molecule has 0 atom stereocenters. The number of nitrogens with zero attached hydrogens (tertiary/aromatic N) is 5. The van der Waals surface area contributed by atoms with Crippen molar-refractivity contribution in [2.45, 2.75) is 19.9 Å². The third-order valence-electron chi connectivity index (χ3n) is 5.98. The number of hydrogen-bond acceptors (Lipinski definition) is 7. The molecular weight excluding hydrogens is 447 g/mol. The maximum Gasteiger partial charge on any atom is 0.224 e. The Hall–Kier alpha value is -3.43. The van der Waals surface area contributed by atoms with E-state index in [2.05, 4.69) is 37.1 Å². The molecule has 0 radical (unpaired) electrons. The van der Waals surface area contributed by atoms with Gasteiger partial charge in [-0.25, -0.2) is 14.4 Å². The molecule has 0 spiro atoms. The van der Waals surface area contributed by atoms with Crippen molar-refractivity contribution in [3.05, 3.63) is 71.7 Å². The number of amides is 1. The summed E-state index contributed by atoms with van der Waals surface area (Å²) in [5.41, 5.74) is 2.40. The molecule has 0 saturated carbocycles. The normalized spacial score (nSPS) is 14.6. The first kappa shape index (κ1) is 24.7. The van der Waals surface area contributed by atoms with Crippen LogP contribution in [0.5, 0.6) is 5.75 Å². The number of piperazine rings is 1. The van der Waals surface area contributed by atoms with Crippen molar-refractivity contribution in [1.29, 1.82) is 0 Å². The Bertz CT molecular complexity index is 1130. The number of hydrogen-bond donors (Lipinski definition) is 1. The van der Waals surface area contributed by atoms with E-state index in [9.17, 15) is 9.18 Å². The van der Waals surface area contributed by atoms with Gasteiger partial charge in [0, 0.05) is 56.7 Å². The maximum atomic E-state index is 14.8. The van der Waals surface area contributed by atoms with Crippen molar-refractivity contribution in [3.8, 4) is 17.0 Å². The average Bonchev–Trinajstić information content (AvgIpc) is 2.85. The molecule has 1 aliphatic rings. The molecule has 35 heavy (non-hydrogen) atoms. The lowest BCUT2D eigenvalue weighted by Gasteiger charge is -2.32. The van der Waals surface area contributed by atoms with Crippen molar-refractivity contribution in [2.24, 2.45) is 0 Å². The van der Waals surface area contributed by atoms with Crippen LogP contribution in [0.3, 0.4) is 0 Å². The van der Waals surface area contributed by atoms with Gasteiger partial charge in [-0.05, 0) is 43.8 Å². The highest BCUT2D eigenvalue weighted by Gasteiger charge is 2.14. The minimum atomic E-state index is -0.389. The Kier molecular flexibility index (Phi) is 8.33. The van der Waals surface area contributed by atoms with Gasteiger partial charge >= 0.3 is 0 Å². The first-order valence-electron chi connectivity index (χ1n) is 11.8. The Morgan fingerprint density at radius 3 is 2.66 bits per heavy atom. The second kappa shape index (κ2) is 11.8. The molecule has 184 valence electrons. The van der Waals surface area contributed by atoms with Gasteiger partial charge in [0.25, 0.3) is 0 Å². The quantitative estimate of drug-likeness (QED) is 0.506. The van der Waals surface area contributed by atoms with Crippen LogP contribution in [-0.4, -0.2) is 77.0 Å². The van der Waals surface area contributed by atoms with Gasteiger partial charge < -0.3 is 15.0 Å². The van der Waals surface area contributed by atoms with Crippen molar-refractivity contribution in [3.63, 3.8) is 0 Å². The summed E-state index contributed by atoms with van der Waals surface area (Å²) in [6.45, 7) is 7.66. The van der Waals surface area contributed by atoms with Crippen LogP contribution in [0.1, 0.15) is 17.1 Å². The summed E-state index contributed by atoms with van der Waals surface area (Å²) in [4.78, 5) is 29.6. The summed E-state index contributed by atoms with van der Waals surface area (Å²) in [5, 5.41) is 2.84. The van der Waals surface area contributed by atoms with Crippen molar-refractivity contribution < 1.29 is 13.9 Å². The van der Waals surface area contributed by atoms with Gasteiger partial charge in [-0.1, -0.05) is 6.07 Å². The molecule has 0 unspecified atom stereocenters. The van der Waals surface area contributed by atoms with E-state index in [1.165, 1.54) is 6.07 Å². The number of pyridine rings is 1. The molecule has 3 aromatic rings. The second-order valence-corrected chi connectivity index (χ2v) is 8.74. The summed E-state index contributed by atoms with van der Waals surface area (Å²) in [6, 6.07) is 10.1. The summed E-state index contributed by atoms with van der Waals surface area (Å²) in [7, 11) is 2.13. The van der Waals surface area contributed by atoms with Crippen LogP contribution in [0.4, 0.5) is 4.39 Å². The number of aryl methyl sites for hydroxylation is 1. The molecular formula is C26H31FN6O2. The average molecular weight is 479 g/mol. The minimum absolute atomic E-state index is 0.139. The number of halogens is 1. The molecule has 8 nitrogen and oxygen atoms in total. The number of aromatic nitrogens is 3. The smallest absolute Gasteiger partial charge is 0.224 e. The zero-order chi connectivity index (χ0) is 24.6. The zero-order valence-electron chi connectivity index (χ0n) is 20.2. The van der Waals surface area contributed by atoms with E-state index in [-0.39, 0.29) is 18.1 Å². The van der Waals surface area contributed by atoms with E-state index in [0.29, 0.717) is 36.0 Å². The fourth-order valence-electron chi connectivity index (χ4n) is 3.89. The number of ether oxygens (including phenoxy) is 1. The van der Waals surface area contributed by atoms with Crippen LogP contribution in [0.2, 0.25) is 0 Å². The molecule has 9 heteroatoms. The Labute approximate surface area is 205 Å². The number of likely N-dealkylation sites (N-methyl/N-ethyl adjacent to an activating group) is 1. The Balaban J connectivity index is 1.26. The fourth-order valence-corrected chi connectivity index (χ4v) is 3.89. The molecule has 4 rings (SSSR count). The van der Waals surface area contributed by atoms with E-state index in [0.717, 1.165) is 44.0 Å². The van der Waals surface area contributed by atoms with E-state index in [4.69, 9.17) is 4.74 Å². The van der Waals surface area contributed by atoms with E-state index in [1.807, 2.05) is 0 Å². The lowest BCUT2D eigenvalue weighted by Crippen LogP contribution is -2.45. The van der Waals surface area contributed by atoms with Crippen molar-refractivity contribution >= 4 is 5.91 Å². The molecule has 0 aliphatic carbocycles. The third kappa shape index (κ3) is 7.27. The first-order valence-corrected chi connectivity index (χ1v) is 11.8. The molecule has 0 bridgehead atoms. The van der Waals surface area contributed by atoms with Crippen LogP contribution < -0.4 is 10.1 Å². The first-order chi connectivity index (χ1) is 17.0. The molecule has 2 aromatic heterocycles. The number of rotatable bonds is 9.